The molecule has 0 aromatic rings. The normalized spacial score (nSPS) is 41.6. The second-order valence-corrected chi connectivity index (χ2v) is 19.3. The van der Waals surface area contributed by atoms with Gasteiger partial charge in [0, 0.05) is 25.5 Å². The van der Waals surface area contributed by atoms with Crippen LogP contribution in [0.25, 0.3) is 0 Å². The maximum Gasteiger partial charge on any atom is 0.306 e. The van der Waals surface area contributed by atoms with E-state index in [-0.39, 0.29) is 57.9 Å². The summed E-state index contributed by atoms with van der Waals surface area (Å²) in [5.41, 5.74) is 1.13. The fourth-order valence-corrected chi connectivity index (χ4v) is 13.5. The molecule has 5 aliphatic rings. The Morgan fingerprint density at radius 3 is 2.23 bits per heavy atom. The fraction of sp³-hybridized carbons (Fsp3) is 0.878. The van der Waals surface area contributed by atoms with Gasteiger partial charge in [0.2, 0.25) is 5.91 Å². The number of carbonyl (C=O) groups is 3. The molecule has 0 aliphatic heterocycles. The molecule has 7 nitrogen and oxygen atoms in total. The van der Waals surface area contributed by atoms with Crippen molar-refractivity contribution >= 4 is 17.8 Å². The summed E-state index contributed by atoms with van der Waals surface area (Å²) in [7, 11) is 1.68. The highest BCUT2D eigenvalue weighted by molar-refractivity contribution is 5.77. The van der Waals surface area contributed by atoms with Gasteiger partial charge < -0.3 is 19.9 Å². The highest BCUT2D eigenvalue weighted by Gasteiger charge is 2.71. The Bertz CT molecular complexity index is 1270. The van der Waals surface area contributed by atoms with Crippen molar-refractivity contribution in [2.24, 2.45) is 62.1 Å². The first-order valence-corrected chi connectivity index (χ1v) is 19.1. The molecule has 2 N–H and O–H groups in total. The van der Waals surface area contributed by atoms with Crippen molar-refractivity contribution in [3.63, 3.8) is 0 Å². The van der Waals surface area contributed by atoms with Crippen LogP contribution in [-0.4, -0.2) is 49.3 Å². The largest absolute Gasteiger partial charge is 0.481 e. The molecule has 48 heavy (non-hydrogen) atoms. The number of amides is 1. The summed E-state index contributed by atoms with van der Waals surface area (Å²) in [6, 6.07) is 0. The zero-order valence-corrected chi connectivity index (χ0v) is 31.8. The number of ether oxygens (including phenoxy) is 2. The highest BCUT2D eigenvalue weighted by atomic mass is 16.5. The molecule has 7 heteroatoms. The first-order chi connectivity index (χ1) is 22.3. The Balaban J connectivity index is 1.38. The molecule has 0 unspecified atom stereocenters. The molecule has 0 saturated heterocycles. The van der Waals surface area contributed by atoms with E-state index in [1.54, 1.807) is 7.11 Å². The van der Waals surface area contributed by atoms with Gasteiger partial charge in [-0.3, -0.25) is 14.4 Å². The lowest BCUT2D eigenvalue weighted by Crippen LogP contribution is -2.67. The van der Waals surface area contributed by atoms with E-state index in [4.69, 9.17) is 9.47 Å². The molecule has 5 aliphatic carbocycles. The first kappa shape index (κ1) is 37.4. The van der Waals surface area contributed by atoms with Crippen molar-refractivity contribution in [1.82, 2.24) is 5.32 Å². The smallest absolute Gasteiger partial charge is 0.306 e. The van der Waals surface area contributed by atoms with Crippen molar-refractivity contribution < 1.29 is 29.0 Å². The number of methoxy groups -OCH3 is 1. The number of hydrogen-bond donors (Lipinski definition) is 2. The van der Waals surface area contributed by atoms with Crippen molar-refractivity contribution in [3.05, 3.63) is 12.2 Å². The highest BCUT2D eigenvalue weighted by Crippen LogP contribution is 2.78. The number of nitrogens with one attached hydrogen (secondary N) is 1. The SMILES string of the molecule is C=C(C)[C@@H]1CC[C@]2(CC(=O)NCCOC)CC[C@]3(C)[C@H](CC[C@@H]4[C@@]5(C)CC[C@H](OC(=O)CC(C)(C)CC(=O)O)C(C)(C)[C@@H]5CC[C@]43C)[C@@H]12. The van der Waals surface area contributed by atoms with Gasteiger partial charge in [-0.2, -0.15) is 0 Å². The molecule has 0 aromatic carbocycles. The van der Waals surface area contributed by atoms with Crippen molar-refractivity contribution in [3.8, 4) is 0 Å². The maximum atomic E-state index is 13.4. The average molecular weight is 670 g/mol. The molecule has 5 saturated carbocycles. The zero-order valence-electron chi connectivity index (χ0n) is 31.8. The summed E-state index contributed by atoms with van der Waals surface area (Å²) in [5.74, 6) is 1.66. The van der Waals surface area contributed by atoms with E-state index in [2.05, 4.69) is 53.4 Å². The molecule has 5 rings (SSSR count). The molecule has 1 amide bonds. The van der Waals surface area contributed by atoms with Crippen LogP contribution in [0.1, 0.15) is 139 Å². The predicted molar refractivity (Wildman–Crippen MR) is 189 cm³/mol. The fourth-order valence-electron chi connectivity index (χ4n) is 13.5. The lowest BCUT2D eigenvalue weighted by molar-refractivity contribution is -0.250. The van der Waals surface area contributed by atoms with Crippen LogP contribution in [0.5, 0.6) is 0 Å². The van der Waals surface area contributed by atoms with E-state index in [0.717, 1.165) is 38.5 Å². The Kier molecular flexibility index (Phi) is 10.1. The van der Waals surface area contributed by atoms with Crippen molar-refractivity contribution in [2.75, 3.05) is 20.3 Å². The topological polar surface area (TPSA) is 102 Å². The van der Waals surface area contributed by atoms with Gasteiger partial charge in [0.15, 0.2) is 0 Å². The average Bonchev–Trinajstić information content (AvgIpc) is 3.33. The first-order valence-electron chi connectivity index (χ1n) is 19.1. The van der Waals surface area contributed by atoms with Crippen molar-refractivity contribution in [1.29, 1.82) is 0 Å². The van der Waals surface area contributed by atoms with Gasteiger partial charge >= 0.3 is 11.9 Å². The van der Waals surface area contributed by atoms with Gasteiger partial charge in [0.1, 0.15) is 6.10 Å². The third-order valence-electron chi connectivity index (χ3n) is 15.8. The number of aliphatic carboxylic acids is 1. The van der Waals surface area contributed by atoms with Crippen LogP contribution < -0.4 is 5.32 Å². The third-order valence-corrected chi connectivity index (χ3v) is 15.8. The third kappa shape index (κ3) is 6.19. The van der Waals surface area contributed by atoms with Gasteiger partial charge in [-0.25, -0.2) is 0 Å². The van der Waals surface area contributed by atoms with Gasteiger partial charge in [0.05, 0.1) is 19.4 Å². The van der Waals surface area contributed by atoms with E-state index in [1.807, 2.05) is 13.8 Å². The minimum absolute atomic E-state index is 0.0481. The Hall–Kier alpha value is -1.89. The predicted octanol–water partition coefficient (Wildman–Crippen LogP) is 8.60. The summed E-state index contributed by atoms with van der Waals surface area (Å²) >= 11 is 0. The van der Waals surface area contributed by atoms with Gasteiger partial charge in [-0.1, -0.05) is 60.6 Å². The van der Waals surface area contributed by atoms with Crippen LogP contribution in [0.15, 0.2) is 12.2 Å². The second-order valence-electron chi connectivity index (χ2n) is 19.3. The molecule has 272 valence electrons. The quantitative estimate of drug-likeness (QED) is 0.130. The standard InChI is InChI=1S/C41H67NO6/c1-26(2)27-13-18-41(23-32(43)42-21-22-47-10)20-19-39(8)28(35(27)41)11-12-30-38(7)16-15-31(37(5,6)29(38)14-17-40(30,39)9)48-34(46)25-36(3,4)24-33(44)45/h27-31,35H,1,11-25H2,2-10H3,(H,42,43)(H,44,45)/t27-,28+,29-,30+,31-,35+,38-,39+,40+,41+/m0/s1. The van der Waals surface area contributed by atoms with Crippen LogP contribution in [0.4, 0.5) is 0 Å². The van der Waals surface area contributed by atoms with Crippen LogP contribution in [0.2, 0.25) is 0 Å². The lowest BCUT2D eigenvalue weighted by atomic mass is 9.32. The van der Waals surface area contributed by atoms with E-state index in [9.17, 15) is 19.5 Å². The van der Waals surface area contributed by atoms with Crippen LogP contribution in [-0.2, 0) is 23.9 Å². The lowest BCUT2D eigenvalue weighted by Gasteiger charge is -2.73. The monoisotopic (exact) mass is 669 g/mol. The maximum absolute atomic E-state index is 13.4. The molecule has 0 aromatic heterocycles. The summed E-state index contributed by atoms with van der Waals surface area (Å²) in [4.78, 5) is 37.9. The van der Waals surface area contributed by atoms with Crippen LogP contribution in [0.3, 0.4) is 0 Å². The van der Waals surface area contributed by atoms with E-state index in [0.29, 0.717) is 49.2 Å². The van der Waals surface area contributed by atoms with Crippen molar-refractivity contribution in [2.45, 2.75) is 145 Å². The molecule has 0 bridgehead atoms. The van der Waals surface area contributed by atoms with E-state index in [1.165, 1.54) is 31.3 Å². The molecule has 0 spiro atoms. The number of carboxylic acid groups (broad SMARTS) is 1. The summed E-state index contributed by atoms with van der Waals surface area (Å²) < 4.78 is 11.5. The van der Waals surface area contributed by atoms with Crippen LogP contribution >= 0.6 is 0 Å². The Labute approximate surface area is 291 Å². The molecular formula is C41H67NO6. The molecule has 5 fully saturated rings. The van der Waals surface area contributed by atoms with Gasteiger partial charge in [-0.15, -0.1) is 0 Å². The summed E-state index contributed by atoms with van der Waals surface area (Å²) in [6.07, 6.45) is 11.8. The Morgan fingerprint density at radius 2 is 1.58 bits per heavy atom. The molecule has 0 radical (unpaired) electrons. The van der Waals surface area contributed by atoms with E-state index >= 15 is 0 Å². The minimum atomic E-state index is -0.884. The number of rotatable bonds is 11. The second kappa shape index (κ2) is 13.0. The number of fused-ring (bicyclic) bond motifs is 7. The summed E-state index contributed by atoms with van der Waals surface area (Å²) in [5, 5.41) is 12.5. The minimum Gasteiger partial charge on any atom is -0.481 e. The molecule has 0 heterocycles. The summed E-state index contributed by atoms with van der Waals surface area (Å²) in [6.45, 7) is 24.0. The van der Waals surface area contributed by atoms with Gasteiger partial charge in [-0.05, 0) is 128 Å². The Morgan fingerprint density at radius 1 is 0.875 bits per heavy atom. The number of carbonyl (C=O) groups excluding carboxylic acids is 2. The van der Waals surface area contributed by atoms with Crippen LogP contribution in [0, 0.1) is 62.1 Å². The van der Waals surface area contributed by atoms with Gasteiger partial charge in [0.25, 0.3) is 0 Å². The number of esters is 1. The van der Waals surface area contributed by atoms with E-state index < -0.39 is 11.4 Å². The molecule has 10 atom stereocenters. The number of allylic oxidation sites excluding steroid dienone is 1. The molecular weight excluding hydrogens is 602 g/mol. The zero-order chi connectivity index (χ0) is 35.5. The number of carboxylic acids is 1. The number of hydrogen-bond acceptors (Lipinski definition) is 5.